The Bertz CT molecular complexity index is 1290. The Labute approximate surface area is 197 Å². The number of anilines is 2. The van der Waals surface area contributed by atoms with Crippen LogP contribution in [0, 0.1) is 25.2 Å². The molecule has 0 spiro atoms. The fraction of sp³-hybridized carbons (Fsp3) is 0.174. The molecule has 174 valence electrons. The van der Waals surface area contributed by atoms with Crippen molar-refractivity contribution < 1.29 is 22.8 Å². The topological polar surface area (TPSA) is 108 Å². The predicted octanol–water partition coefficient (Wildman–Crippen LogP) is 4.97. The van der Waals surface area contributed by atoms with Crippen LogP contribution in [0.1, 0.15) is 33.0 Å². The second-order valence-electron chi connectivity index (χ2n) is 7.10. The molecule has 7 nitrogen and oxygen atoms in total. The van der Waals surface area contributed by atoms with Crippen LogP contribution >= 0.6 is 11.8 Å². The zero-order valence-electron chi connectivity index (χ0n) is 18.0. The number of benzene rings is 2. The van der Waals surface area contributed by atoms with E-state index in [4.69, 9.17) is 0 Å². The highest BCUT2D eigenvalue weighted by atomic mass is 32.2. The molecule has 0 aliphatic heterocycles. The molecule has 0 bridgehead atoms. The maximum Gasteiger partial charge on any atom is 0.416 e. The molecule has 0 unspecified atom stereocenters. The minimum absolute atomic E-state index is 0.00519. The van der Waals surface area contributed by atoms with Gasteiger partial charge in [0.05, 0.1) is 17.0 Å². The first kappa shape index (κ1) is 24.7. The van der Waals surface area contributed by atoms with Gasteiger partial charge >= 0.3 is 6.18 Å². The Morgan fingerprint density at radius 2 is 1.71 bits per heavy atom. The second kappa shape index (κ2) is 10.4. The summed E-state index contributed by atoms with van der Waals surface area (Å²) < 4.78 is 38.6. The number of hydrogen-bond acceptors (Lipinski definition) is 6. The molecule has 0 fully saturated rings. The van der Waals surface area contributed by atoms with Crippen molar-refractivity contribution in [3.63, 3.8) is 0 Å². The van der Waals surface area contributed by atoms with Gasteiger partial charge in [0.1, 0.15) is 22.5 Å². The van der Waals surface area contributed by atoms with Crippen LogP contribution in [-0.4, -0.2) is 27.5 Å². The zero-order valence-corrected chi connectivity index (χ0v) is 18.8. The van der Waals surface area contributed by atoms with E-state index in [0.29, 0.717) is 27.8 Å². The molecule has 2 N–H and O–H groups in total. The Balaban J connectivity index is 1.65. The number of thioether (sulfide) groups is 1. The van der Waals surface area contributed by atoms with E-state index in [9.17, 15) is 28.0 Å². The van der Waals surface area contributed by atoms with Crippen LogP contribution in [-0.2, 0) is 11.0 Å². The smallest absolute Gasteiger partial charge is 0.325 e. The van der Waals surface area contributed by atoms with Crippen LogP contribution in [0.4, 0.5) is 24.5 Å². The molecule has 1 aromatic heterocycles. The molecule has 34 heavy (non-hydrogen) atoms. The van der Waals surface area contributed by atoms with Crippen molar-refractivity contribution in [2.24, 2.45) is 0 Å². The van der Waals surface area contributed by atoms with Crippen molar-refractivity contribution in [3.05, 3.63) is 76.7 Å². The van der Waals surface area contributed by atoms with E-state index >= 15 is 0 Å². The van der Waals surface area contributed by atoms with E-state index in [0.717, 1.165) is 23.9 Å². The highest BCUT2D eigenvalue weighted by Gasteiger charge is 2.30. The minimum atomic E-state index is -4.53. The van der Waals surface area contributed by atoms with E-state index in [-0.39, 0.29) is 17.0 Å². The number of nitriles is 1. The first-order valence-electron chi connectivity index (χ1n) is 9.83. The van der Waals surface area contributed by atoms with Crippen LogP contribution in [0.3, 0.4) is 0 Å². The van der Waals surface area contributed by atoms with Crippen LogP contribution in [0.2, 0.25) is 0 Å². The molecule has 3 rings (SSSR count). The quantitative estimate of drug-likeness (QED) is 0.377. The number of aryl methyl sites for hydroxylation is 2. The van der Waals surface area contributed by atoms with Crippen molar-refractivity contribution in [2.45, 2.75) is 25.0 Å². The highest BCUT2D eigenvalue weighted by molar-refractivity contribution is 8.00. The minimum Gasteiger partial charge on any atom is -0.325 e. The number of hydrogen-bond donors (Lipinski definition) is 2. The summed E-state index contributed by atoms with van der Waals surface area (Å²) in [5.41, 5.74) is 0.426. The van der Waals surface area contributed by atoms with E-state index in [1.165, 1.54) is 30.3 Å². The molecule has 2 aromatic carbocycles. The van der Waals surface area contributed by atoms with Crippen LogP contribution in [0.15, 0.2) is 53.6 Å². The van der Waals surface area contributed by atoms with Crippen molar-refractivity contribution in [3.8, 4) is 6.07 Å². The van der Waals surface area contributed by atoms with Gasteiger partial charge in [-0.25, -0.2) is 9.97 Å². The fourth-order valence-corrected chi connectivity index (χ4v) is 3.83. The summed E-state index contributed by atoms with van der Waals surface area (Å²) in [6.45, 7) is 3.38. The first-order chi connectivity index (χ1) is 16.1. The number of rotatable bonds is 6. The van der Waals surface area contributed by atoms with Crippen molar-refractivity contribution in [1.29, 1.82) is 5.26 Å². The Morgan fingerprint density at radius 1 is 1.03 bits per heavy atom. The average molecular weight is 485 g/mol. The highest BCUT2D eigenvalue weighted by Crippen LogP contribution is 2.30. The van der Waals surface area contributed by atoms with E-state index in [1.807, 2.05) is 6.07 Å². The summed E-state index contributed by atoms with van der Waals surface area (Å²) >= 11 is 1.09. The van der Waals surface area contributed by atoms with Gasteiger partial charge in [0.15, 0.2) is 0 Å². The molecule has 3 aromatic rings. The molecular weight excluding hydrogens is 467 g/mol. The number of halogens is 3. The number of carbonyl (C=O) groups excluding carboxylic acids is 2. The Kier molecular flexibility index (Phi) is 7.53. The van der Waals surface area contributed by atoms with Crippen LogP contribution in [0.5, 0.6) is 0 Å². The Hall–Kier alpha value is -3.91. The van der Waals surface area contributed by atoms with Gasteiger partial charge in [-0.15, -0.1) is 0 Å². The zero-order chi connectivity index (χ0) is 24.9. The van der Waals surface area contributed by atoms with Gasteiger partial charge in [0.25, 0.3) is 5.91 Å². The number of amides is 2. The molecule has 1 heterocycles. The second-order valence-corrected chi connectivity index (χ2v) is 8.06. The summed E-state index contributed by atoms with van der Waals surface area (Å²) in [7, 11) is 0. The maximum absolute atomic E-state index is 12.9. The lowest BCUT2D eigenvalue weighted by atomic mass is 10.1. The first-order valence-corrected chi connectivity index (χ1v) is 10.8. The van der Waals surface area contributed by atoms with Gasteiger partial charge in [0.2, 0.25) is 5.91 Å². The number of aromatic nitrogens is 2. The SMILES string of the molecule is Cc1nc(C)c(C#N)c(SCC(=O)Nc2cccc(C(=O)Nc3cccc(C(F)(F)F)c3)c2)n1. The molecule has 11 heteroatoms. The molecule has 0 atom stereocenters. The number of carbonyl (C=O) groups is 2. The largest absolute Gasteiger partial charge is 0.416 e. The third-order valence-electron chi connectivity index (χ3n) is 4.48. The van der Waals surface area contributed by atoms with E-state index in [1.54, 1.807) is 19.9 Å². The van der Waals surface area contributed by atoms with Gasteiger partial charge in [-0.05, 0) is 50.2 Å². The summed E-state index contributed by atoms with van der Waals surface area (Å²) in [6.07, 6.45) is -4.53. The standard InChI is InChI=1S/C23H18F3N5O2S/c1-13-19(11-27)22(29-14(2)28-13)34-12-20(32)30-17-7-3-5-15(9-17)21(33)31-18-8-4-6-16(10-18)23(24,25)26/h3-10H,12H2,1-2H3,(H,30,32)(H,31,33). The number of nitrogens with one attached hydrogen (secondary N) is 2. The van der Waals surface area contributed by atoms with Gasteiger partial charge < -0.3 is 10.6 Å². The Morgan fingerprint density at radius 3 is 2.38 bits per heavy atom. The lowest BCUT2D eigenvalue weighted by Gasteiger charge is -2.11. The van der Waals surface area contributed by atoms with Gasteiger partial charge in [-0.2, -0.15) is 18.4 Å². The third-order valence-corrected chi connectivity index (χ3v) is 5.45. The fourth-order valence-electron chi connectivity index (χ4n) is 2.96. The predicted molar refractivity (Wildman–Crippen MR) is 121 cm³/mol. The number of nitrogens with zero attached hydrogens (tertiary/aromatic N) is 3. The number of alkyl halides is 3. The molecule has 0 radical (unpaired) electrons. The molecule has 0 saturated carbocycles. The summed E-state index contributed by atoms with van der Waals surface area (Å²) in [4.78, 5) is 33.2. The third kappa shape index (κ3) is 6.32. The summed E-state index contributed by atoms with van der Waals surface area (Å²) in [6, 6.07) is 12.3. The average Bonchev–Trinajstić information content (AvgIpc) is 2.77. The lowest BCUT2D eigenvalue weighted by Crippen LogP contribution is -2.16. The normalized spacial score (nSPS) is 10.9. The summed E-state index contributed by atoms with van der Waals surface area (Å²) in [5, 5.41) is 14.8. The van der Waals surface area contributed by atoms with Crippen molar-refractivity contribution in [1.82, 2.24) is 9.97 Å². The monoisotopic (exact) mass is 485 g/mol. The molecule has 2 amide bonds. The van der Waals surface area contributed by atoms with E-state index < -0.39 is 23.6 Å². The molecular formula is C23H18F3N5O2S. The van der Waals surface area contributed by atoms with Gasteiger partial charge in [-0.1, -0.05) is 23.9 Å². The van der Waals surface area contributed by atoms with Crippen molar-refractivity contribution >= 4 is 35.0 Å². The van der Waals surface area contributed by atoms with Crippen LogP contribution in [0.25, 0.3) is 0 Å². The molecule has 0 aliphatic carbocycles. The maximum atomic E-state index is 12.9. The lowest BCUT2D eigenvalue weighted by molar-refractivity contribution is -0.137. The summed E-state index contributed by atoms with van der Waals surface area (Å²) in [5.74, 6) is -0.571. The molecule has 0 saturated heterocycles. The molecule has 0 aliphatic rings. The van der Waals surface area contributed by atoms with Gasteiger partial charge in [0, 0.05) is 16.9 Å². The van der Waals surface area contributed by atoms with E-state index in [2.05, 4.69) is 20.6 Å². The van der Waals surface area contributed by atoms with Crippen LogP contribution < -0.4 is 10.6 Å². The van der Waals surface area contributed by atoms with Crippen molar-refractivity contribution in [2.75, 3.05) is 16.4 Å². The van der Waals surface area contributed by atoms with Gasteiger partial charge in [-0.3, -0.25) is 9.59 Å².